The number of likely N-dealkylation sites (tertiary alicyclic amines) is 2. The molecule has 0 spiro atoms. The zero-order valence-electron chi connectivity index (χ0n) is 26.5. The van der Waals surface area contributed by atoms with Gasteiger partial charge in [0.15, 0.2) is 9.84 Å². The molecule has 0 bridgehead atoms. The lowest BCUT2D eigenvalue weighted by atomic mass is 10.00. The topological polar surface area (TPSA) is 61.3 Å². The summed E-state index contributed by atoms with van der Waals surface area (Å²) in [6.07, 6.45) is 13.0. The summed E-state index contributed by atoms with van der Waals surface area (Å²) < 4.78 is 30.4. The molecule has 2 aliphatic rings. The van der Waals surface area contributed by atoms with Crippen LogP contribution in [0.3, 0.4) is 0 Å². The molecule has 0 amide bonds. The molecule has 1 N–H and O–H groups in total. The van der Waals surface area contributed by atoms with Crippen molar-refractivity contribution >= 4 is 37.7 Å². The van der Waals surface area contributed by atoms with Crippen LogP contribution in [0.1, 0.15) is 54.0 Å². The highest BCUT2D eigenvalue weighted by Gasteiger charge is 2.29. The normalized spacial score (nSPS) is 20.4. The molecule has 2 aromatic heterocycles. The minimum absolute atomic E-state index is 0.0244. The van der Waals surface area contributed by atoms with Crippen LogP contribution in [0.25, 0.3) is 27.9 Å². The summed E-state index contributed by atoms with van der Waals surface area (Å²) in [5.41, 5.74) is 6.81. The predicted molar refractivity (Wildman–Crippen MR) is 186 cm³/mol. The number of rotatable bonds is 10. The summed E-state index contributed by atoms with van der Waals surface area (Å²) in [7, 11) is 0.842. The standard InChI is InChI=1S/C38H44N4O2S/c1-4-27-14-17-37-35(20-27)30(22-32-11-9-19-41(32)3)25-42(37)38(26-45(43,44)33-12-6-5-7-13-33)28-15-16-36-34(23-28)29(24-39-36)21-31-10-8-18-40(31)2/h4-7,12-17,20,23-25,31-32,38-39H,1,8-11,18-19,21-22,26H2,2-3H3/t31-,32-,38?/m1/s1. The molecule has 234 valence electrons. The molecule has 45 heavy (non-hydrogen) atoms. The zero-order valence-corrected chi connectivity index (χ0v) is 27.3. The minimum atomic E-state index is -3.59. The average molecular weight is 621 g/mol. The Morgan fingerprint density at radius 1 is 0.889 bits per heavy atom. The van der Waals surface area contributed by atoms with Crippen molar-refractivity contribution in [1.82, 2.24) is 19.4 Å². The lowest BCUT2D eigenvalue weighted by molar-refractivity contribution is 0.309. The van der Waals surface area contributed by atoms with Crippen LogP contribution in [-0.2, 0) is 22.7 Å². The van der Waals surface area contributed by atoms with Crippen LogP contribution < -0.4 is 0 Å². The molecule has 3 aromatic carbocycles. The molecule has 2 fully saturated rings. The number of H-pyrrole nitrogens is 1. The van der Waals surface area contributed by atoms with E-state index in [9.17, 15) is 8.42 Å². The molecule has 3 atom stereocenters. The van der Waals surface area contributed by atoms with E-state index < -0.39 is 15.9 Å². The number of likely N-dealkylation sites (N-methyl/N-ethyl adjacent to an activating group) is 2. The van der Waals surface area contributed by atoms with Gasteiger partial charge in [-0.2, -0.15) is 0 Å². The molecule has 4 heterocycles. The van der Waals surface area contributed by atoms with Gasteiger partial charge in [0.25, 0.3) is 0 Å². The third kappa shape index (κ3) is 5.89. The third-order valence-corrected chi connectivity index (χ3v) is 12.2. The zero-order chi connectivity index (χ0) is 31.1. The highest BCUT2D eigenvalue weighted by atomic mass is 32.2. The van der Waals surface area contributed by atoms with Gasteiger partial charge in [-0.1, -0.05) is 43.0 Å². The molecule has 5 aromatic rings. The number of benzene rings is 3. The second-order valence-electron chi connectivity index (χ2n) is 13.2. The SMILES string of the molecule is C=Cc1ccc2c(c1)c(C[C@H]1CCCN1C)cn2C(CS(=O)(=O)c1ccccc1)c1ccc2[nH]cc(C[C@H]3CCCN3C)c2c1. The van der Waals surface area contributed by atoms with Crippen molar-refractivity contribution in [3.63, 3.8) is 0 Å². The molecule has 0 aliphatic carbocycles. The van der Waals surface area contributed by atoms with E-state index in [1.807, 2.05) is 12.1 Å². The highest BCUT2D eigenvalue weighted by Crippen LogP contribution is 2.35. The van der Waals surface area contributed by atoms with Crippen LogP contribution in [-0.4, -0.2) is 72.8 Å². The first-order valence-corrected chi connectivity index (χ1v) is 18.0. The van der Waals surface area contributed by atoms with Crippen molar-refractivity contribution in [2.45, 2.75) is 61.5 Å². The summed E-state index contributed by atoms with van der Waals surface area (Å²) in [6, 6.07) is 22.5. The number of hydrogen-bond acceptors (Lipinski definition) is 4. The molecule has 0 saturated carbocycles. The molecular weight excluding hydrogens is 577 g/mol. The Morgan fingerprint density at radius 2 is 1.60 bits per heavy atom. The minimum Gasteiger partial charge on any atom is -0.361 e. The third-order valence-electron chi connectivity index (χ3n) is 10.4. The summed E-state index contributed by atoms with van der Waals surface area (Å²) in [4.78, 5) is 8.77. The van der Waals surface area contributed by atoms with Crippen molar-refractivity contribution in [1.29, 1.82) is 0 Å². The smallest absolute Gasteiger partial charge is 0.180 e. The van der Waals surface area contributed by atoms with Crippen molar-refractivity contribution in [2.75, 3.05) is 32.9 Å². The summed E-state index contributed by atoms with van der Waals surface area (Å²) in [5.74, 6) is -0.0244. The Hall–Kier alpha value is -3.65. The van der Waals surface area contributed by atoms with Crippen molar-refractivity contribution in [3.05, 3.63) is 108 Å². The van der Waals surface area contributed by atoms with E-state index in [0.29, 0.717) is 17.0 Å². The maximum Gasteiger partial charge on any atom is 0.180 e. The largest absolute Gasteiger partial charge is 0.361 e. The summed E-state index contributed by atoms with van der Waals surface area (Å²) in [6.45, 7) is 6.29. The van der Waals surface area contributed by atoms with Crippen LogP contribution in [0.15, 0.2) is 90.6 Å². The molecule has 7 heteroatoms. The number of hydrogen-bond donors (Lipinski definition) is 1. The Balaban J connectivity index is 1.36. The van der Waals surface area contributed by atoms with Crippen molar-refractivity contribution in [3.8, 4) is 0 Å². The fourth-order valence-electron chi connectivity index (χ4n) is 7.71. The van der Waals surface area contributed by atoms with E-state index in [1.54, 1.807) is 24.3 Å². The second kappa shape index (κ2) is 12.3. The Kier molecular flexibility index (Phi) is 8.19. The molecule has 2 aliphatic heterocycles. The molecule has 6 nitrogen and oxygen atoms in total. The quantitative estimate of drug-likeness (QED) is 0.181. The van der Waals surface area contributed by atoms with E-state index in [-0.39, 0.29) is 5.75 Å². The van der Waals surface area contributed by atoms with Gasteiger partial charge < -0.3 is 19.4 Å². The Morgan fingerprint density at radius 3 is 2.27 bits per heavy atom. The summed E-state index contributed by atoms with van der Waals surface area (Å²) >= 11 is 0. The molecule has 1 unspecified atom stereocenters. The van der Waals surface area contributed by atoms with Crippen LogP contribution in [0.5, 0.6) is 0 Å². The number of nitrogens with one attached hydrogen (secondary N) is 1. The van der Waals surface area contributed by atoms with Gasteiger partial charge in [0, 0.05) is 46.3 Å². The first kappa shape index (κ1) is 30.0. The van der Waals surface area contributed by atoms with E-state index in [4.69, 9.17) is 0 Å². The maximum absolute atomic E-state index is 14.1. The first-order valence-electron chi connectivity index (χ1n) is 16.3. The monoisotopic (exact) mass is 620 g/mol. The van der Waals surface area contributed by atoms with Crippen molar-refractivity contribution in [2.24, 2.45) is 0 Å². The van der Waals surface area contributed by atoms with Gasteiger partial charge in [0.05, 0.1) is 16.7 Å². The Labute approximate surface area is 267 Å². The van der Waals surface area contributed by atoms with Gasteiger partial charge in [-0.25, -0.2) is 8.42 Å². The van der Waals surface area contributed by atoms with E-state index in [1.165, 1.54) is 47.6 Å². The van der Waals surface area contributed by atoms with E-state index >= 15 is 0 Å². The summed E-state index contributed by atoms with van der Waals surface area (Å²) in [5, 5.41) is 2.37. The van der Waals surface area contributed by atoms with Crippen molar-refractivity contribution < 1.29 is 8.42 Å². The average Bonchev–Trinajstić information content (AvgIpc) is 3.84. The number of aromatic amines is 1. The molecule has 7 rings (SSSR count). The van der Waals surface area contributed by atoms with Crippen LogP contribution in [0.2, 0.25) is 0 Å². The van der Waals surface area contributed by atoms with Gasteiger partial charge in [-0.3, -0.25) is 0 Å². The second-order valence-corrected chi connectivity index (χ2v) is 15.3. The van der Waals surface area contributed by atoms with Crippen LogP contribution in [0.4, 0.5) is 0 Å². The van der Waals surface area contributed by atoms with Gasteiger partial charge in [0.2, 0.25) is 0 Å². The molecule has 0 radical (unpaired) electrons. The number of fused-ring (bicyclic) bond motifs is 2. The van der Waals surface area contributed by atoms with Crippen LogP contribution >= 0.6 is 0 Å². The lowest BCUT2D eigenvalue weighted by Crippen LogP contribution is -2.26. The van der Waals surface area contributed by atoms with E-state index in [0.717, 1.165) is 48.1 Å². The van der Waals surface area contributed by atoms with Gasteiger partial charge in [0.1, 0.15) is 0 Å². The van der Waals surface area contributed by atoms with Gasteiger partial charge in [-0.05, 0) is 124 Å². The highest BCUT2D eigenvalue weighted by molar-refractivity contribution is 7.91. The Bertz CT molecular complexity index is 1940. The molecular formula is C38H44N4O2S. The number of aromatic nitrogens is 2. The van der Waals surface area contributed by atoms with Crippen LogP contribution in [0, 0.1) is 0 Å². The molecule has 2 saturated heterocycles. The van der Waals surface area contributed by atoms with Gasteiger partial charge >= 0.3 is 0 Å². The fourth-order valence-corrected chi connectivity index (χ4v) is 9.25. The van der Waals surface area contributed by atoms with E-state index in [2.05, 4.69) is 88.8 Å². The van der Waals surface area contributed by atoms with Gasteiger partial charge in [-0.15, -0.1) is 0 Å². The maximum atomic E-state index is 14.1. The fraction of sp³-hybridized carbons (Fsp3) is 0.368. The number of nitrogens with zero attached hydrogens (tertiary/aromatic N) is 3. The lowest BCUT2D eigenvalue weighted by Gasteiger charge is -2.22. The first-order chi connectivity index (χ1) is 21.8. The number of sulfone groups is 1. The predicted octanol–water partition coefficient (Wildman–Crippen LogP) is 7.10.